The van der Waals surface area contributed by atoms with E-state index in [9.17, 15) is 23.1 Å². The molecule has 0 unspecified atom stereocenters. The van der Waals surface area contributed by atoms with Crippen molar-refractivity contribution in [1.29, 1.82) is 0 Å². The van der Waals surface area contributed by atoms with Crippen molar-refractivity contribution in [2.24, 2.45) is 5.16 Å². The number of aryl methyl sites for hydroxylation is 1. The molecule has 1 aliphatic carbocycles. The quantitative estimate of drug-likeness (QED) is 0.114. The van der Waals surface area contributed by atoms with Crippen LogP contribution in [0, 0.1) is 6.92 Å². The molecule has 4 aromatic rings. The Morgan fingerprint density at radius 3 is 2.49 bits per heavy atom. The number of aliphatic hydroxyl groups is 1. The molecule has 47 heavy (non-hydrogen) atoms. The number of carbonyl (C=O) groups is 1. The number of hydrogen-bond donors (Lipinski definition) is 2. The first-order valence-electron chi connectivity index (χ1n) is 14.4. The number of methoxy groups -OCH3 is 2. The van der Waals surface area contributed by atoms with Gasteiger partial charge >= 0.3 is 248 Å². The SMILES string of the molecule is COc1ccc2cc(NC(=O)C3=NO[C@H]4C=C[C@H]([Se]c5ccccc5)[C@H](OS(=O)(=O)c5ccc(C)cc5)[C@@]4(O)C3)c(=O)oc2c1OC. The second kappa shape index (κ2) is 13.0. The van der Waals surface area contributed by atoms with E-state index in [0.29, 0.717) is 11.1 Å². The van der Waals surface area contributed by atoms with Gasteiger partial charge in [-0.1, -0.05) is 0 Å². The molecule has 0 radical (unpaired) electrons. The van der Waals surface area contributed by atoms with Gasteiger partial charge < -0.3 is 9.47 Å². The van der Waals surface area contributed by atoms with Crippen LogP contribution in [0.25, 0.3) is 11.0 Å². The van der Waals surface area contributed by atoms with Crippen molar-refractivity contribution in [2.75, 3.05) is 19.5 Å². The molecule has 0 fully saturated rings. The second-order valence-corrected chi connectivity index (χ2v) is 15.1. The van der Waals surface area contributed by atoms with Gasteiger partial charge in [-0.15, -0.1) is 0 Å². The predicted octanol–water partition coefficient (Wildman–Crippen LogP) is 3.10. The first-order chi connectivity index (χ1) is 22.5. The summed E-state index contributed by atoms with van der Waals surface area (Å²) in [5.74, 6) is -0.295. The smallest absolute Gasteiger partial charge is 0.490 e. The fourth-order valence-corrected chi connectivity index (χ4v) is 9.21. The molecule has 6 rings (SSSR count). The van der Waals surface area contributed by atoms with Crippen molar-refractivity contribution in [3.8, 4) is 11.5 Å². The van der Waals surface area contributed by atoms with Crippen LogP contribution in [0.4, 0.5) is 5.69 Å². The molecule has 14 heteroatoms. The first-order valence-corrected chi connectivity index (χ1v) is 17.6. The minimum Gasteiger partial charge on any atom is -0.490 e. The fraction of sp³-hybridized carbons (Fsp3) is 0.242. The third-order valence-electron chi connectivity index (χ3n) is 7.80. The van der Waals surface area contributed by atoms with Crippen LogP contribution in [0.2, 0.25) is 4.82 Å². The van der Waals surface area contributed by atoms with Gasteiger partial charge in [-0.25, -0.2) is 0 Å². The van der Waals surface area contributed by atoms with Crippen molar-refractivity contribution in [2.45, 2.75) is 40.9 Å². The number of carbonyl (C=O) groups excluding carboxylic acids is 1. The van der Waals surface area contributed by atoms with Crippen LogP contribution in [0.5, 0.6) is 11.5 Å². The van der Waals surface area contributed by atoms with E-state index in [1.165, 1.54) is 32.4 Å². The van der Waals surface area contributed by atoms with E-state index in [1.807, 2.05) is 37.3 Å². The number of nitrogens with one attached hydrogen (secondary N) is 1. The molecule has 4 atom stereocenters. The fourth-order valence-electron chi connectivity index (χ4n) is 5.36. The number of fused-ring (bicyclic) bond motifs is 2. The van der Waals surface area contributed by atoms with Crippen LogP contribution in [0.3, 0.4) is 0 Å². The number of hydrogen-bond acceptors (Lipinski definition) is 11. The van der Waals surface area contributed by atoms with E-state index in [4.69, 9.17) is 22.9 Å². The summed E-state index contributed by atoms with van der Waals surface area (Å²) in [7, 11) is -1.52. The Bertz CT molecular complexity index is 2050. The van der Waals surface area contributed by atoms with Gasteiger partial charge in [0.15, 0.2) is 5.75 Å². The van der Waals surface area contributed by atoms with E-state index in [2.05, 4.69) is 10.5 Å². The minimum absolute atomic E-state index is 0.0793. The van der Waals surface area contributed by atoms with Gasteiger partial charge in [-0.2, -0.15) is 0 Å². The number of ether oxygens (including phenoxy) is 2. The summed E-state index contributed by atoms with van der Waals surface area (Å²) in [5.41, 5.74) is -2.39. The maximum absolute atomic E-state index is 13.6. The average Bonchev–Trinajstić information content (AvgIpc) is 3.06. The van der Waals surface area contributed by atoms with E-state index in [1.54, 1.807) is 36.4 Å². The molecule has 3 aromatic carbocycles. The van der Waals surface area contributed by atoms with Crippen LogP contribution >= 0.6 is 0 Å². The van der Waals surface area contributed by atoms with Gasteiger partial charge in [0.05, 0.1) is 14.2 Å². The number of oxime groups is 1. The Balaban J connectivity index is 1.31. The molecule has 244 valence electrons. The Morgan fingerprint density at radius 1 is 1.04 bits per heavy atom. The number of benzene rings is 3. The Hall–Kier alpha value is -4.46. The van der Waals surface area contributed by atoms with Crippen LogP contribution < -0.4 is 24.9 Å². The molecule has 1 amide bonds. The van der Waals surface area contributed by atoms with E-state index < -0.39 is 65.7 Å². The summed E-state index contributed by atoms with van der Waals surface area (Å²) >= 11 is -0.392. The van der Waals surface area contributed by atoms with Gasteiger partial charge in [0.1, 0.15) is 0 Å². The molecule has 2 N–H and O–H groups in total. The zero-order valence-electron chi connectivity index (χ0n) is 25.4. The van der Waals surface area contributed by atoms with Crippen LogP contribution in [-0.4, -0.2) is 72.1 Å². The van der Waals surface area contributed by atoms with Gasteiger partial charge in [0.2, 0.25) is 0 Å². The Kier molecular flexibility index (Phi) is 8.97. The normalized spacial score (nSPS) is 22.1. The second-order valence-electron chi connectivity index (χ2n) is 10.9. The molecular weight excluding hydrogens is 695 g/mol. The van der Waals surface area contributed by atoms with Gasteiger partial charge in [0, 0.05) is 0 Å². The Morgan fingerprint density at radius 2 is 1.79 bits per heavy atom. The summed E-state index contributed by atoms with van der Waals surface area (Å²) in [6.07, 6.45) is 0.452. The molecule has 2 aliphatic rings. The van der Waals surface area contributed by atoms with Crippen LogP contribution in [0.15, 0.2) is 104 Å². The number of anilines is 1. The molecule has 0 saturated heterocycles. The van der Waals surface area contributed by atoms with Gasteiger partial charge in [-0.3, -0.25) is 0 Å². The zero-order valence-corrected chi connectivity index (χ0v) is 27.9. The number of amides is 1. The van der Waals surface area contributed by atoms with Crippen LogP contribution in [0.1, 0.15) is 12.0 Å². The van der Waals surface area contributed by atoms with Gasteiger partial charge in [-0.05, 0) is 0 Å². The topological polar surface area (TPSA) is 163 Å². The minimum atomic E-state index is -4.37. The summed E-state index contributed by atoms with van der Waals surface area (Å²) in [6, 6.07) is 20.2. The van der Waals surface area contributed by atoms with Crippen molar-refractivity contribution in [3.63, 3.8) is 0 Å². The summed E-state index contributed by atoms with van der Waals surface area (Å²) in [4.78, 5) is 31.3. The van der Waals surface area contributed by atoms with E-state index in [0.717, 1.165) is 10.0 Å². The number of rotatable bonds is 9. The first kappa shape index (κ1) is 32.5. The average molecular weight is 726 g/mol. The molecule has 2 heterocycles. The molecule has 1 aliphatic heterocycles. The Labute approximate surface area is 276 Å². The molecular formula is C33H30N2O10SSe. The summed E-state index contributed by atoms with van der Waals surface area (Å²) in [6.45, 7) is 1.83. The van der Waals surface area contributed by atoms with Gasteiger partial charge in [0.25, 0.3) is 0 Å². The monoisotopic (exact) mass is 726 g/mol. The maximum atomic E-state index is 13.6. The van der Waals surface area contributed by atoms with Crippen molar-refractivity contribution >= 4 is 57.8 Å². The van der Waals surface area contributed by atoms with Crippen molar-refractivity contribution in [1.82, 2.24) is 0 Å². The molecule has 0 spiro atoms. The standard InChI is InChI=1S/C33H30N2O10SSe/c1-19-9-12-21(13-10-19)46(39,40)45-30-26(47-22-7-5-4-6-8-22)15-16-27-33(30,38)18-24(35-44-27)31(36)34-23-17-20-11-14-25(41-2)29(42-3)28(20)43-32(23)37/h4-17,26-27,30,38H,18H2,1-3H3,(H,34,36)/t26-,27-,30-,33+/m0/s1. The molecule has 0 bridgehead atoms. The van der Waals surface area contributed by atoms with E-state index in [-0.39, 0.29) is 27.6 Å². The van der Waals surface area contributed by atoms with E-state index >= 15 is 0 Å². The number of nitrogens with zero attached hydrogens (tertiary/aromatic N) is 1. The predicted molar refractivity (Wildman–Crippen MR) is 174 cm³/mol. The third-order valence-corrected chi connectivity index (χ3v) is 11.7. The molecule has 12 nitrogen and oxygen atoms in total. The molecule has 0 saturated carbocycles. The van der Waals surface area contributed by atoms with Crippen LogP contribution in [-0.2, 0) is 23.9 Å². The van der Waals surface area contributed by atoms with Crippen molar-refractivity contribution < 1.29 is 41.2 Å². The summed E-state index contributed by atoms with van der Waals surface area (Å²) < 4.78 is 49.9. The zero-order chi connectivity index (χ0) is 33.3. The third kappa shape index (κ3) is 6.42. The molecule has 1 aromatic heterocycles. The van der Waals surface area contributed by atoms with Crippen molar-refractivity contribution in [3.05, 3.63) is 101 Å². The summed E-state index contributed by atoms with van der Waals surface area (Å²) in [5, 5.41) is 19.1.